The van der Waals surface area contributed by atoms with Gasteiger partial charge in [0.25, 0.3) is 0 Å². The Morgan fingerprint density at radius 1 is 1.62 bits per heavy atom. The van der Waals surface area contributed by atoms with Crippen LogP contribution in [0.1, 0.15) is 33.6 Å². The minimum Gasteiger partial charge on any atom is -0.338 e. The first-order valence-electron chi connectivity index (χ1n) is 5.12. The summed E-state index contributed by atoms with van der Waals surface area (Å²) in [7, 11) is 0. The molecule has 13 heavy (non-hydrogen) atoms. The molecule has 1 aliphatic rings. The van der Waals surface area contributed by atoms with E-state index in [1.54, 1.807) is 0 Å². The minimum atomic E-state index is -0.298. The van der Waals surface area contributed by atoms with Gasteiger partial charge in [0.1, 0.15) is 0 Å². The van der Waals surface area contributed by atoms with Gasteiger partial charge in [0.05, 0.1) is 6.04 Å². The SMILES string of the molecule is CCC(N)C(=O)N1CC(C)CC1C. The summed E-state index contributed by atoms with van der Waals surface area (Å²) >= 11 is 0. The quantitative estimate of drug-likeness (QED) is 0.695. The van der Waals surface area contributed by atoms with Crippen LogP contribution >= 0.6 is 0 Å². The van der Waals surface area contributed by atoms with Crippen molar-refractivity contribution in [2.24, 2.45) is 11.7 Å². The highest BCUT2D eigenvalue weighted by Gasteiger charge is 2.31. The number of rotatable bonds is 2. The summed E-state index contributed by atoms with van der Waals surface area (Å²) in [4.78, 5) is 13.7. The Morgan fingerprint density at radius 2 is 2.23 bits per heavy atom. The standard InChI is InChI=1S/C10H20N2O/c1-4-9(11)10(13)12-6-7(2)5-8(12)3/h7-9H,4-6,11H2,1-3H3. The van der Waals surface area contributed by atoms with Gasteiger partial charge >= 0.3 is 0 Å². The fraction of sp³-hybridized carbons (Fsp3) is 0.900. The summed E-state index contributed by atoms with van der Waals surface area (Å²) in [5.41, 5.74) is 5.71. The number of nitrogens with zero attached hydrogens (tertiary/aromatic N) is 1. The van der Waals surface area contributed by atoms with Crippen molar-refractivity contribution in [3.05, 3.63) is 0 Å². The molecule has 0 aliphatic carbocycles. The maximum atomic E-state index is 11.7. The minimum absolute atomic E-state index is 0.124. The van der Waals surface area contributed by atoms with E-state index in [4.69, 9.17) is 5.73 Å². The first-order chi connectivity index (χ1) is 6.06. The first-order valence-corrected chi connectivity index (χ1v) is 5.12. The molecule has 3 heteroatoms. The van der Waals surface area contributed by atoms with Crippen molar-refractivity contribution in [3.63, 3.8) is 0 Å². The highest BCUT2D eigenvalue weighted by Crippen LogP contribution is 2.22. The molecule has 1 amide bonds. The molecule has 0 spiro atoms. The van der Waals surface area contributed by atoms with E-state index in [2.05, 4.69) is 13.8 Å². The molecule has 2 N–H and O–H groups in total. The molecule has 1 fully saturated rings. The molecule has 3 nitrogen and oxygen atoms in total. The maximum Gasteiger partial charge on any atom is 0.239 e. The Hall–Kier alpha value is -0.570. The van der Waals surface area contributed by atoms with Gasteiger partial charge in [0.2, 0.25) is 5.91 Å². The van der Waals surface area contributed by atoms with Crippen LogP contribution in [0.2, 0.25) is 0 Å². The van der Waals surface area contributed by atoms with Crippen LogP contribution in [-0.4, -0.2) is 29.4 Å². The van der Waals surface area contributed by atoms with Crippen molar-refractivity contribution in [1.29, 1.82) is 0 Å². The number of amides is 1. The van der Waals surface area contributed by atoms with Crippen molar-refractivity contribution >= 4 is 5.91 Å². The lowest BCUT2D eigenvalue weighted by Crippen LogP contribution is -2.44. The van der Waals surface area contributed by atoms with E-state index in [1.807, 2.05) is 11.8 Å². The number of nitrogens with two attached hydrogens (primary N) is 1. The van der Waals surface area contributed by atoms with Gasteiger partial charge in [-0.2, -0.15) is 0 Å². The van der Waals surface area contributed by atoms with E-state index in [-0.39, 0.29) is 11.9 Å². The Balaban J connectivity index is 2.57. The van der Waals surface area contributed by atoms with Crippen LogP contribution in [0.5, 0.6) is 0 Å². The summed E-state index contributed by atoms with van der Waals surface area (Å²) in [5, 5.41) is 0. The summed E-state index contributed by atoms with van der Waals surface area (Å²) in [6.45, 7) is 7.12. The number of likely N-dealkylation sites (tertiary alicyclic amines) is 1. The Kier molecular flexibility index (Phi) is 3.31. The molecule has 0 saturated carbocycles. The predicted molar refractivity (Wildman–Crippen MR) is 53.2 cm³/mol. The van der Waals surface area contributed by atoms with Gasteiger partial charge in [0.15, 0.2) is 0 Å². The monoisotopic (exact) mass is 184 g/mol. The first kappa shape index (κ1) is 10.5. The molecule has 3 unspecified atom stereocenters. The van der Waals surface area contributed by atoms with Crippen LogP contribution in [-0.2, 0) is 4.79 Å². The summed E-state index contributed by atoms with van der Waals surface area (Å²) in [5.74, 6) is 0.752. The van der Waals surface area contributed by atoms with Crippen molar-refractivity contribution in [2.45, 2.75) is 45.7 Å². The van der Waals surface area contributed by atoms with Crippen LogP contribution in [0.25, 0.3) is 0 Å². The normalized spacial score (nSPS) is 30.6. The molecule has 1 aliphatic heterocycles. The van der Waals surface area contributed by atoms with Crippen LogP contribution in [0.15, 0.2) is 0 Å². The van der Waals surface area contributed by atoms with E-state index in [0.29, 0.717) is 12.0 Å². The van der Waals surface area contributed by atoms with Crippen LogP contribution in [0.3, 0.4) is 0 Å². The molecule has 1 rings (SSSR count). The zero-order chi connectivity index (χ0) is 10.0. The molecule has 0 bridgehead atoms. The maximum absolute atomic E-state index is 11.7. The predicted octanol–water partition coefficient (Wildman–Crippen LogP) is 0.981. The van der Waals surface area contributed by atoms with E-state index in [0.717, 1.165) is 19.4 Å². The van der Waals surface area contributed by atoms with Crippen LogP contribution in [0, 0.1) is 5.92 Å². The third-order valence-electron chi connectivity index (χ3n) is 2.82. The van der Waals surface area contributed by atoms with Crippen molar-refractivity contribution in [3.8, 4) is 0 Å². The Bertz CT molecular complexity index is 193. The summed E-state index contributed by atoms with van der Waals surface area (Å²) < 4.78 is 0. The average molecular weight is 184 g/mol. The van der Waals surface area contributed by atoms with Gasteiger partial charge in [-0.05, 0) is 25.7 Å². The highest BCUT2D eigenvalue weighted by atomic mass is 16.2. The zero-order valence-electron chi connectivity index (χ0n) is 8.79. The zero-order valence-corrected chi connectivity index (χ0v) is 8.79. The van der Waals surface area contributed by atoms with Crippen molar-refractivity contribution < 1.29 is 4.79 Å². The Labute approximate surface area is 80.3 Å². The number of carbonyl (C=O) groups excluding carboxylic acids is 1. The lowest BCUT2D eigenvalue weighted by molar-refractivity contribution is -0.133. The molecule has 0 aromatic rings. The van der Waals surface area contributed by atoms with Gasteiger partial charge in [-0.15, -0.1) is 0 Å². The number of hydrogen-bond donors (Lipinski definition) is 1. The van der Waals surface area contributed by atoms with Gasteiger partial charge in [-0.3, -0.25) is 4.79 Å². The molecule has 0 aromatic carbocycles. The second-order valence-electron chi connectivity index (χ2n) is 4.20. The van der Waals surface area contributed by atoms with Crippen molar-refractivity contribution in [2.75, 3.05) is 6.54 Å². The van der Waals surface area contributed by atoms with Crippen molar-refractivity contribution in [1.82, 2.24) is 4.90 Å². The fourth-order valence-corrected chi connectivity index (χ4v) is 1.99. The third kappa shape index (κ3) is 2.21. The molecule has 76 valence electrons. The fourth-order valence-electron chi connectivity index (χ4n) is 1.99. The topological polar surface area (TPSA) is 46.3 Å². The van der Waals surface area contributed by atoms with Crippen LogP contribution in [0.4, 0.5) is 0 Å². The molecular formula is C10H20N2O. The number of carbonyl (C=O) groups is 1. The lowest BCUT2D eigenvalue weighted by atomic mass is 10.1. The van der Waals surface area contributed by atoms with E-state index in [1.165, 1.54) is 0 Å². The van der Waals surface area contributed by atoms with E-state index >= 15 is 0 Å². The molecule has 3 atom stereocenters. The highest BCUT2D eigenvalue weighted by molar-refractivity contribution is 5.82. The lowest BCUT2D eigenvalue weighted by Gasteiger charge is -2.24. The molecule has 0 aromatic heterocycles. The third-order valence-corrected chi connectivity index (χ3v) is 2.82. The van der Waals surface area contributed by atoms with Gasteiger partial charge in [-0.1, -0.05) is 13.8 Å². The largest absolute Gasteiger partial charge is 0.338 e. The van der Waals surface area contributed by atoms with Gasteiger partial charge < -0.3 is 10.6 Å². The average Bonchev–Trinajstić information content (AvgIpc) is 2.42. The molecule has 1 heterocycles. The summed E-state index contributed by atoms with van der Waals surface area (Å²) in [6, 6.07) is 0.0767. The molecule has 1 saturated heterocycles. The van der Waals surface area contributed by atoms with E-state index in [9.17, 15) is 4.79 Å². The molecular weight excluding hydrogens is 164 g/mol. The summed E-state index contributed by atoms with van der Waals surface area (Å²) in [6.07, 6.45) is 1.85. The van der Waals surface area contributed by atoms with Gasteiger partial charge in [-0.25, -0.2) is 0 Å². The second kappa shape index (κ2) is 4.09. The van der Waals surface area contributed by atoms with E-state index < -0.39 is 0 Å². The number of hydrogen-bond acceptors (Lipinski definition) is 2. The second-order valence-corrected chi connectivity index (χ2v) is 4.20. The van der Waals surface area contributed by atoms with Crippen LogP contribution < -0.4 is 5.73 Å². The van der Waals surface area contributed by atoms with Gasteiger partial charge in [0, 0.05) is 12.6 Å². The molecule has 0 radical (unpaired) electrons. The Morgan fingerprint density at radius 3 is 2.62 bits per heavy atom. The smallest absolute Gasteiger partial charge is 0.239 e.